The topological polar surface area (TPSA) is 67.9 Å². The largest absolute Gasteiger partial charge is 0.370 e. The molecule has 3 rings (SSSR count). The van der Waals surface area contributed by atoms with E-state index in [1.54, 1.807) is 7.05 Å². The molecule has 1 spiro atoms. The van der Waals surface area contributed by atoms with Crippen molar-refractivity contribution in [3.05, 3.63) is 22.4 Å². The number of likely N-dealkylation sites (N-methyl/N-ethyl adjacent to an activating group) is 1. The molecule has 23 heavy (non-hydrogen) atoms. The van der Waals surface area contributed by atoms with Crippen LogP contribution in [0.2, 0.25) is 0 Å². The van der Waals surface area contributed by atoms with Crippen LogP contribution in [-0.4, -0.2) is 61.8 Å². The molecule has 2 atom stereocenters. The third-order valence-corrected chi connectivity index (χ3v) is 5.32. The lowest BCUT2D eigenvalue weighted by atomic mass is 9.89. The van der Waals surface area contributed by atoms with Crippen LogP contribution in [0, 0.1) is 0 Å². The molecular formula is C16H22N2O4S. The van der Waals surface area contributed by atoms with E-state index in [0.29, 0.717) is 13.2 Å². The Labute approximate surface area is 139 Å². The highest BCUT2D eigenvalue weighted by atomic mass is 32.1. The fourth-order valence-corrected chi connectivity index (χ4v) is 3.98. The number of nitrogens with one attached hydrogen (secondary N) is 1. The Bertz CT molecular complexity index is 562. The van der Waals surface area contributed by atoms with Gasteiger partial charge in [-0.2, -0.15) is 0 Å². The third-order valence-electron chi connectivity index (χ3n) is 4.46. The van der Waals surface area contributed by atoms with E-state index in [4.69, 9.17) is 9.47 Å². The molecule has 0 saturated carbocycles. The van der Waals surface area contributed by atoms with Crippen molar-refractivity contribution in [2.45, 2.75) is 31.0 Å². The van der Waals surface area contributed by atoms with Gasteiger partial charge in [-0.3, -0.25) is 9.59 Å². The first kappa shape index (κ1) is 16.4. The van der Waals surface area contributed by atoms with Crippen molar-refractivity contribution < 1.29 is 19.1 Å². The van der Waals surface area contributed by atoms with Gasteiger partial charge in [0.2, 0.25) is 5.91 Å². The number of hydrogen-bond donors (Lipinski definition) is 1. The fourth-order valence-electron chi connectivity index (χ4n) is 3.29. The molecule has 7 heteroatoms. The first-order valence-electron chi connectivity index (χ1n) is 7.91. The summed E-state index contributed by atoms with van der Waals surface area (Å²) >= 11 is 1.47. The number of carbonyl (C=O) groups is 2. The van der Waals surface area contributed by atoms with E-state index in [1.807, 2.05) is 22.4 Å². The molecule has 6 nitrogen and oxygen atoms in total. The molecule has 2 aliphatic rings. The molecular weight excluding hydrogens is 316 g/mol. The summed E-state index contributed by atoms with van der Waals surface area (Å²) in [6.45, 7) is 1.91. The molecule has 1 aromatic heterocycles. The standard InChI is InChI=1S/C16H22N2O4S/c1-17-14(19)10-21-12-8-16(22-9-12)5-3-6-18(11-16)15(20)13-4-2-7-23-13/h2,4,7,12H,3,5-6,8-11H2,1H3,(H,17,19)/t12-,16+/m1/s1. The maximum Gasteiger partial charge on any atom is 0.264 e. The lowest BCUT2D eigenvalue weighted by Gasteiger charge is -2.39. The zero-order chi connectivity index (χ0) is 16.3. The molecule has 0 aromatic carbocycles. The molecule has 126 valence electrons. The summed E-state index contributed by atoms with van der Waals surface area (Å²) in [7, 11) is 1.59. The lowest BCUT2D eigenvalue weighted by molar-refractivity contribution is -0.127. The van der Waals surface area contributed by atoms with Crippen molar-refractivity contribution in [1.82, 2.24) is 10.2 Å². The van der Waals surface area contributed by atoms with Gasteiger partial charge in [0.1, 0.15) is 6.61 Å². The van der Waals surface area contributed by atoms with Crippen LogP contribution in [0.1, 0.15) is 28.9 Å². The molecule has 0 bridgehead atoms. The van der Waals surface area contributed by atoms with Gasteiger partial charge in [-0.15, -0.1) is 11.3 Å². The molecule has 2 fully saturated rings. The van der Waals surface area contributed by atoms with Crippen LogP contribution < -0.4 is 5.32 Å². The van der Waals surface area contributed by atoms with Gasteiger partial charge in [0.25, 0.3) is 5.91 Å². The van der Waals surface area contributed by atoms with Crippen LogP contribution in [0.3, 0.4) is 0 Å². The van der Waals surface area contributed by atoms with Crippen LogP contribution in [-0.2, 0) is 14.3 Å². The Balaban J connectivity index is 1.58. The third kappa shape index (κ3) is 3.73. The van der Waals surface area contributed by atoms with E-state index < -0.39 is 0 Å². The van der Waals surface area contributed by atoms with Gasteiger partial charge in [0, 0.05) is 20.0 Å². The average molecular weight is 338 g/mol. The minimum Gasteiger partial charge on any atom is -0.370 e. The molecule has 1 aromatic rings. The highest BCUT2D eigenvalue weighted by Crippen LogP contribution is 2.36. The second-order valence-corrected chi connectivity index (χ2v) is 7.06. The van der Waals surface area contributed by atoms with Crippen LogP contribution in [0.4, 0.5) is 0 Å². The number of carbonyl (C=O) groups excluding carboxylic acids is 2. The number of thiophene rings is 1. The summed E-state index contributed by atoms with van der Waals surface area (Å²) in [5, 5.41) is 4.46. The molecule has 0 aliphatic carbocycles. The Morgan fingerprint density at radius 2 is 2.43 bits per heavy atom. The van der Waals surface area contributed by atoms with Crippen molar-refractivity contribution >= 4 is 23.2 Å². The summed E-state index contributed by atoms with van der Waals surface area (Å²) in [6, 6.07) is 3.76. The minimum absolute atomic E-state index is 0.0540. The van der Waals surface area contributed by atoms with E-state index >= 15 is 0 Å². The number of likely N-dealkylation sites (tertiary alicyclic amines) is 1. The SMILES string of the molecule is CNC(=O)CO[C@H]1CO[C@@]2(CCCN(C(=O)c3cccs3)C2)C1. The van der Waals surface area contributed by atoms with Crippen molar-refractivity contribution in [1.29, 1.82) is 0 Å². The summed E-state index contributed by atoms with van der Waals surface area (Å²) in [5.74, 6) is -0.0542. The number of hydrogen-bond acceptors (Lipinski definition) is 5. The van der Waals surface area contributed by atoms with Crippen molar-refractivity contribution in [3.8, 4) is 0 Å². The Morgan fingerprint density at radius 3 is 3.17 bits per heavy atom. The number of ether oxygens (including phenoxy) is 2. The Morgan fingerprint density at radius 1 is 1.57 bits per heavy atom. The van der Waals surface area contributed by atoms with Gasteiger partial charge in [0.15, 0.2) is 0 Å². The van der Waals surface area contributed by atoms with Gasteiger partial charge >= 0.3 is 0 Å². The molecule has 2 amide bonds. The maximum atomic E-state index is 12.5. The number of piperidine rings is 1. The van der Waals surface area contributed by atoms with E-state index in [2.05, 4.69) is 5.32 Å². The summed E-state index contributed by atoms with van der Waals surface area (Å²) in [4.78, 5) is 26.5. The first-order chi connectivity index (χ1) is 11.1. The zero-order valence-corrected chi connectivity index (χ0v) is 14.1. The van der Waals surface area contributed by atoms with Gasteiger partial charge in [-0.25, -0.2) is 0 Å². The second kappa shape index (κ2) is 6.98. The van der Waals surface area contributed by atoms with Crippen molar-refractivity contribution in [2.75, 3.05) is 33.4 Å². The van der Waals surface area contributed by atoms with E-state index in [9.17, 15) is 9.59 Å². The fraction of sp³-hybridized carbons (Fsp3) is 0.625. The number of rotatable bonds is 4. The number of amides is 2. The Hall–Kier alpha value is -1.44. The van der Waals surface area contributed by atoms with Gasteiger partial charge in [-0.05, 0) is 24.3 Å². The van der Waals surface area contributed by atoms with Gasteiger partial charge in [0.05, 0.1) is 29.7 Å². The van der Waals surface area contributed by atoms with E-state index in [1.165, 1.54) is 11.3 Å². The molecule has 3 heterocycles. The van der Waals surface area contributed by atoms with Crippen LogP contribution in [0.15, 0.2) is 17.5 Å². The minimum atomic E-state index is -0.321. The maximum absolute atomic E-state index is 12.5. The number of nitrogens with zero attached hydrogens (tertiary/aromatic N) is 1. The second-order valence-electron chi connectivity index (χ2n) is 6.11. The Kier molecular flexibility index (Phi) is 4.99. The van der Waals surface area contributed by atoms with Gasteiger partial charge in [-0.1, -0.05) is 6.07 Å². The van der Waals surface area contributed by atoms with Crippen molar-refractivity contribution in [2.24, 2.45) is 0 Å². The molecule has 0 radical (unpaired) electrons. The normalized spacial score (nSPS) is 27.3. The predicted octanol–water partition coefficient (Wildman–Crippen LogP) is 1.27. The highest BCUT2D eigenvalue weighted by Gasteiger charge is 2.45. The average Bonchev–Trinajstić information content (AvgIpc) is 3.22. The highest BCUT2D eigenvalue weighted by molar-refractivity contribution is 7.12. The molecule has 2 saturated heterocycles. The molecule has 2 aliphatic heterocycles. The van der Waals surface area contributed by atoms with E-state index in [0.717, 1.165) is 30.7 Å². The molecule has 1 N–H and O–H groups in total. The summed E-state index contributed by atoms with van der Waals surface area (Å²) < 4.78 is 11.6. The van der Waals surface area contributed by atoms with E-state index in [-0.39, 0.29) is 30.1 Å². The summed E-state index contributed by atoms with van der Waals surface area (Å²) in [6.07, 6.45) is 2.52. The van der Waals surface area contributed by atoms with Gasteiger partial charge < -0.3 is 19.7 Å². The smallest absolute Gasteiger partial charge is 0.264 e. The van der Waals surface area contributed by atoms with Crippen molar-refractivity contribution in [3.63, 3.8) is 0 Å². The summed E-state index contributed by atoms with van der Waals surface area (Å²) in [5.41, 5.74) is -0.321. The molecule has 0 unspecified atom stereocenters. The van der Waals surface area contributed by atoms with Crippen LogP contribution in [0.25, 0.3) is 0 Å². The predicted molar refractivity (Wildman–Crippen MR) is 86.6 cm³/mol. The van der Waals surface area contributed by atoms with Crippen LogP contribution >= 0.6 is 11.3 Å². The zero-order valence-electron chi connectivity index (χ0n) is 13.2. The lowest BCUT2D eigenvalue weighted by Crippen LogP contribution is -2.50. The van der Waals surface area contributed by atoms with Crippen LogP contribution in [0.5, 0.6) is 0 Å². The quantitative estimate of drug-likeness (QED) is 0.898. The monoisotopic (exact) mass is 338 g/mol. The first-order valence-corrected chi connectivity index (χ1v) is 8.79.